The van der Waals surface area contributed by atoms with Crippen molar-refractivity contribution in [2.45, 2.75) is 25.4 Å². The number of carbonyl (C=O) groups is 1. The highest BCUT2D eigenvalue weighted by Gasteiger charge is 2.25. The second-order valence-electron chi connectivity index (χ2n) is 7.70. The first kappa shape index (κ1) is 19.7. The molecule has 1 heterocycles. The molecule has 3 aromatic carbocycles. The van der Waals surface area contributed by atoms with E-state index in [1.165, 1.54) is 5.56 Å². The summed E-state index contributed by atoms with van der Waals surface area (Å²) in [6, 6.07) is 20.1. The third-order valence-corrected chi connectivity index (χ3v) is 5.96. The first-order chi connectivity index (χ1) is 14.1. The second kappa shape index (κ2) is 8.85. The van der Waals surface area contributed by atoms with E-state index in [9.17, 15) is 4.79 Å². The van der Waals surface area contributed by atoms with Crippen molar-refractivity contribution < 1.29 is 14.4 Å². The number of likely N-dealkylation sites (tertiary alicyclic amines) is 1. The monoisotopic (exact) mass is 409 g/mol. The molecule has 0 unspecified atom stereocenters. The number of amides is 1. The number of methoxy groups -OCH3 is 1. The van der Waals surface area contributed by atoms with Crippen LogP contribution in [0, 0.1) is 0 Å². The molecule has 4 rings (SSSR count). The van der Waals surface area contributed by atoms with E-state index in [1.807, 2.05) is 48.5 Å². The van der Waals surface area contributed by atoms with E-state index in [0.29, 0.717) is 11.3 Å². The number of rotatable bonds is 5. The van der Waals surface area contributed by atoms with Crippen LogP contribution in [-0.2, 0) is 6.54 Å². The fourth-order valence-electron chi connectivity index (χ4n) is 4.07. The van der Waals surface area contributed by atoms with Crippen LogP contribution >= 0.6 is 11.6 Å². The SMILES string of the molecule is COc1cc2ccccc2cc1C(=O)NC1CC[NH+](Cc2ccc(Cl)cc2)CC1. The average molecular weight is 410 g/mol. The highest BCUT2D eigenvalue weighted by molar-refractivity contribution is 6.30. The predicted octanol–water partition coefficient (Wildman–Crippen LogP) is 3.48. The molecule has 0 radical (unpaired) electrons. The molecule has 0 saturated carbocycles. The Bertz CT molecular complexity index is 995. The fourth-order valence-corrected chi connectivity index (χ4v) is 4.19. The van der Waals surface area contributed by atoms with Crippen molar-refractivity contribution in [3.05, 3.63) is 76.8 Å². The molecular formula is C24H26ClN2O2+. The smallest absolute Gasteiger partial charge is 0.255 e. The van der Waals surface area contributed by atoms with Gasteiger partial charge in [0.25, 0.3) is 5.91 Å². The summed E-state index contributed by atoms with van der Waals surface area (Å²) in [7, 11) is 1.61. The van der Waals surface area contributed by atoms with Crippen LogP contribution in [0.15, 0.2) is 60.7 Å². The number of halogens is 1. The number of benzene rings is 3. The van der Waals surface area contributed by atoms with Gasteiger partial charge >= 0.3 is 0 Å². The van der Waals surface area contributed by atoms with Crippen molar-refractivity contribution in [2.75, 3.05) is 20.2 Å². The minimum atomic E-state index is -0.0567. The zero-order valence-electron chi connectivity index (χ0n) is 16.6. The topological polar surface area (TPSA) is 42.8 Å². The molecule has 0 spiro atoms. The summed E-state index contributed by atoms with van der Waals surface area (Å²) in [6.07, 6.45) is 1.95. The second-order valence-corrected chi connectivity index (χ2v) is 8.14. The Morgan fingerprint density at radius 1 is 1.07 bits per heavy atom. The van der Waals surface area contributed by atoms with Gasteiger partial charge in [-0.25, -0.2) is 0 Å². The molecular weight excluding hydrogens is 384 g/mol. The molecule has 3 aromatic rings. The van der Waals surface area contributed by atoms with E-state index < -0.39 is 0 Å². The maximum Gasteiger partial charge on any atom is 0.255 e. The van der Waals surface area contributed by atoms with E-state index in [2.05, 4.69) is 17.4 Å². The molecule has 0 bridgehead atoms. The van der Waals surface area contributed by atoms with Crippen molar-refractivity contribution in [3.63, 3.8) is 0 Å². The molecule has 150 valence electrons. The van der Waals surface area contributed by atoms with Gasteiger partial charge in [0.15, 0.2) is 0 Å². The molecule has 1 saturated heterocycles. The van der Waals surface area contributed by atoms with Gasteiger partial charge in [0.2, 0.25) is 0 Å². The Morgan fingerprint density at radius 2 is 1.72 bits per heavy atom. The highest BCUT2D eigenvalue weighted by atomic mass is 35.5. The van der Waals surface area contributed by atoms with Gasteiger partial charge in [0.1, 0.15) is 12.3 Å². The quantitative estimate of drug-likeness (QED) is 0.677. The van der Waals surface area contributed by atoms with Crippen LogP contribution in [-0.4, -0.2) is 32.1 Å². The number of hydrogen-bond donors (Lipinski definition) is 2. The van der Waals surface area contributed by atoms with E-state index in [1.54, 1.807) is 12.0 Å². The van der Waals surface area contributed by atoms with Gasteiger partial charge in [-0.15, -0.1) is 0 Å². The molecule has 1 amide bonds. The molecule has 1 aliphatic rings. The van der Waals surface area contributed by atoms with Gasteiger partial charge in [0, 0.05) is 29.5 Å². The van der Waals surface area contributed by atoms with Crippen molar-refractivity contribution in [2.24, 2.45) is 0 Å². The third kappa shape index (κ3) is 4.72. The number of ether oxygens (including phenoxy) is 1. The highest BCUT2D eigenvalue weighted by Crippen LogP contribution is 2.26. The van der Waals surface area contributed by atoms with Gasteiger partial charge in [-0.1, -0.05) is 48.0 Å². The van der Waals surface area contributed by atoms with E-state index in [0.717, 1.165) is 48.3 Å². The van der Waals surface area contributed by atoms with Gasteiger partial charge < -0.3 is 15.0 Å². The lowest BCUT2D eigenvalue weighted by atomic mass is 10.0. The maximum atomic E-state index is 12.9. The summed E-state index contributed by atoms with van der Waals surface area (Å²) in [5, 5.41) is 6.10. The van der Waals surface area contributed by atoms with E-state index >= 15 is 0 Å². The zero-order chi connectivity index (χ0) is 20.2. The van der Waals surface area contributed by atoms with Crippen LogP contribution in [0.2, 0.25) is 5.02 Å². The van der Waals surface area contributed by atoms with E-state index in [-0.39, 0.29) is 11.9 Å². The minimum absolute atomic E-state index is 0.0567. The largest absolute Gasteiger partial charge is 0.496 e. The average Bonchev–Trinajstić information content (AvgIpc) is 2.75. The van der Waals surface area contributed by atoms with Crippen molar-refractivity contribution in [3.8, 4) is 5.75 Å². The Morgan fingerprint density at radius 3 is 2.38 bits per heavy atom. The number of carbonyl (C=O) groups excluding carboxylic acids is 1. The molecule has 0 aliphatic carbocycles. The first-order valence-electron chi connectivity index (χ1n) is 10.1. The molecule has 2 N–H and O–H groups in total. The normalized spacial score (nSPS) is 19.1. The lowest BCUT2D eigenvalue weighted by molar-refractivity contribution is -0.918. The summed E-state index contributed by atoms with van der Waals surface area (Å²) in [4.78, 5) is 14.5. The molecule has 0 aromatic heterocycles. The minimum Gasteiger partial charge on any atom is -0.496 e. The molecule has 4 nitrogen and oxygen atoms in total. The van der Waals surface area contributed by atoms with Crippen LogP contribution in [0.25, 0.3) is 10.8 Å². The van der Waals surface area contributed by atoms with Crippen LogP contribution in [0.4, 0.5) is 0 Å². The lowest BCUT2D eigenvalue weighted by Gasteiger charge is -2.30. The Hall–Kier alpha value is -2.56. The summed E-state index contributed by atoms with van der Waals surface area (Å²) >= 11 is 5.97. The van der Waals surface area contributed by atoms with Crippen molar-refractivity contribution in [1.82, 2.24) is 5.32 Å². The van der Waals surface area contributed by atoms with Gasteiger partial charge in [-0.2, -0.15) is 0 Å². The van der Waals surface area contributed by atoms with Crippen LogP contribution in [0.1, 0.15) is 28.8 Å². The number of nitrogens with one attached hydrogen (secondary N) is 2. The Balaban J connectivity index is 1.37. The predicted molar refractivity (Wildman–Crippen MR) is 117 cm³/mol. The summed E-state index contributed by atoms with van der Waals surface area (Å²) in [5.74, 6) is 0.561. The number of quaternary nitrogens is 1. The lowest BCUT2D eigenvalue weighted by Crippen LogP contribution is -3.12. The standard InChI is InChI=1S/C24H25ClN2O2/c1-29-23-15-19-5-3-2-4-18(19)14-22(23)24(28)26-21-10-12-27(13-11-21)16-17-6-8-20(25)9-7-17/h2-9,14-15,21H,10-13,16H2,1H3,(H,26,28)/p+1. The van der Waals surface area contributed by atoms with Crippen LogP contribution in [0.3, 0.4) is 0 Å². The van der Waals surface area contributed by atoms with Gasteiger partial charge in [-0.05, 0) is 35.0 Å². The van der Waals surface area contributed by atoms with Crippen LogP contribution in [0.5, 0.6) is 5.75 Å². The van der Waals surface area contributed by atoms with Gasteiger partial charge in [-0.3, -0.25) is 4.79 Å². The number of hydrogen-bond acceptors (Lipinski definition) is 2. The number of piperidine rings is 1. The first-order valence-corrected chi connectivity index (χ1v) is 10.5. The molecule has 0 atom stereocenters. The Labute approximate surface area is 176 Å². The van der Waals surface area contributed by atoms with Crippen molar-refractivity contribution in [1.29, 1.82) is 0 Å². The number of fused-ring (bicyclic) bond motifs is 1. The molecule has 29 heavy (non-hydrogen) atoms. The summed E-state index contributed by atoms with van der Waals surface area (Å²) in [6.45, 7) is 3.08. The van der Waals surface area contributed by atoms with Crippen molar-refractivity contribution >= 4 is 28.3 Å². The van der Waals surface area contributed by atoms with E-state index in [4.69, 9.17) is 16.3 Å². The summed E-state index contributed by atoms with van der Waals surface area (Å²) < 4.78 is 5.48. The third-order valence-electron chi connectivity index (χ3n) is 5.71. The summed E-state index contributed by atoms with van der Waals surface area (Å²) in [5.41, 5.74) is 1.90. The van der Waals surface area contributed by atoms with Crippen LogP contribution < -0.4 is 15.0 Å². The maximum absolute atomic E-state index is 12.9. The molecule has 1 fully saturated rings. The van der Waals surface area contributed by atoms with Gasteiger partial charge in [0.05, 0.1) is 25.8 Å². The molecule has 1 aliphatic heterocycles. The fraction of sp³-hybridized carbons (Fsp3) is 0.292. The molecule has 5 heteroatoms. The Kier molecular flexibility index (Phi) is 6.02. The zero-order valence-corrected chi connectivity index (χ0v) is 17.3.